The molecule has 0 aliphatic heterocycles. The normalized spacial score (nSPS) is 11.4. The molecule has 0 fully saturated rings. The maximum Gasteiger partial charge on any atom is 0.244 e. The molecule has 0 atom stereocenters. The Morgan fingerprint density at radius 2 is 1.79 bits per heavy atom. The van der Waals surface area contributed by atoms with Crippen molar-refractivity contribution in [3.05, 3.63) is 70.8 Å². The van der Waals surface area contributed by atoms with Crippen molar-refractivity contribution >= 4 is 39.3 Å². The molecule has 5 nitrogen and oxygen atoms in total. The van der Waals surface area contributed by atoms with Gasteiger partial charge in [0, 0.05) is 23.3 Å². The van der Waals surface area contributed by atoms with Crippen LogP contribution in [0, 0.1) is 0 Å². The molecule has 1 amide bonds. The molecule has 7 heteroatoms. The van der Waals surface area contributed by atoms with E-state index in [2.05, 4.69) is 10.0 Å². The largest absolute Gasteiger partial charge is 0.348 e. The van der Waals surface area contributed by atoms with E-state index in [1.807, 2.05) is 18.2 Å². The fourth-order valence-electron chi connectivity index (χ4n) is 1.93. The molecule has 0 aliphatic rings. The molecule has 0 heterocycles. The zero-order chi connectivity index (χ0) is 17.6. The second kappa shape index (κ2) is 7.99. The van der Waals surface area contributed by atoms with Gasteiger partial charge in [-0.15, -0.1) is 0 Å². The molecular formula is C17H17ClN2O3S. The van der Waals surface area contributed by atoms with Gasteiger partial charge in [0.05, 0.1) is 6.26 Å². The van der Waals surface area contributed by atoms with Crippen LogP contribution in [0.1, 0.15) is 11.1 Å². The minimum absolute atomic E-state index is 0.242. The third kappa shape index (κ3) is 6.06. The molecule has 2 N–H and O–H groups in total. The molecule has 0 bridgehead atoms. The molecule has 0 radical (unpaired) electrons. The first-order chi connectivity index (χ1) is 11.3. The highest BCUT2D eigenvalue weighted by molar-refractivity contribution is 7.92. The lowest BCUT2D eigenvalue weighted by Crippen LogP contribution is -2.20. The van der Waals surface area contributed by atoms with E-state index < -0.39 is 10.0 Å². The maximum atomic E-state index is 11.8. The van der Waals surface area contributed by atoms with Gasteiger partial charge < -0.3 is 5.32 Å². The van der Waals surface area contributed by atoms with Gasteiger partial charge in [-0.05, 0) is 35.4 Å². The van der Waals surface area contributed by atoms with Gasteiger partial charge in [-0.1, -0.05) is 41.9 Å². The Bertz CT molecular complexity index is 846. The van der Waals surface area contributed by atoms with E-state index in [1.165, 1.54) is 6.08 Å². The van der Waals surface area contributed by atoms with Crippen LogP contribution in [0.15, 0.2) is 54.6 Å². The molecule has 24 heavy (non-hydrogen) atoms. The van der Waals surface area contributed by atoms with Crippen LogP contribution < -0.4 is 10.0 Å². The molecule has 0 saturated carbocycles. The van der Waals surface area contributed by atoms with Crippen LogP contribution in [0.4, 0.5) is 5.69 Å². The Labute approximate surface area is 146 Å². The van der Waals surface area contributed by atoms with Crippen molar-refractivity contribution < 1.29 is 13.2 Å². The highest BCUT2D eigenvalue weighted by atomic mass is 35.5. The summed E-state index contributed by atoms with van der Waals surface area (Å²) in [5.41, 5.74) is 2.09. The predicted molar refractivity (Wildman–Crippen MR) is 97.2 cm³/mol. The lowest BCUT2D eigenvalue weighted by Gasteiger charge is -2.05. The minimum atomic E-state index is -3.30. The highest BCUT2D eigenvalue weighted by Gasteiger charge is 2.02. The van der Waals surface area contributed by atoms with Crippen LogP contribution in [0.25, 0.3) is 6.08 Å². The van der Waals surface area contributed by atoms with Crippen LogP contribution in [0.2, 0.25) is 5.02 Å². The third-order valence-electron chi connectivity index (χ3n) is 3.05. The second-order valence-corrected chi connectivity index (χ2v) is 7.29. The lowest BCUT2D eigenvalue weighted by molar-refractivity contribution is -0.116. The topological polar surface area (TPSA) is 75.3 Å². The average molecular weight is 365 g/mol. The lowest BCUT2D eigenvalue weighted by atomic mass is 10.2. The zero-order valence-corrected chi connectivity index (χ0v) is 14.6. The Hall–Kier alpha value is -2.31. The molecule has 126 valence electrons. The van der Waals surface area contributed by atoms with Crippen LogP contribution in [0.5, 0.6) is 0 Å². The molecule has 0 saturated heterocycles. The molecule has 2 aromatic rings. The summed E-state index contributed by atoms with van der Waals surface area (Å²) in [5, 5.41) is 3.36. The Balaban J connectivity index is 1.90. The third-order valence-corrected chi connectivity index (χ3v) is 4.03. The summed E-state index contributed by atoms with van der Waals surface area (Å²) >= 11 is 6.02. The van der Waals surface area contributed by atoms with Gasteiger partial charge in [-0.25, -0.2) is 8.42 Å². The standard InChI is InChI=1S/C17H17ClN2O3S/c1-24(22,23)20-15-9-6-13(7-10-15)8-11-17(21)19-12-14-4-2-3-5-16(14)18/h2-11,20H,12H2,1H3,(H,19,21)/b11-8+. The fourth-order valence-corrected chi connectivity index (χ4v) is 2.70. The molecule has 0 spiro atoms. The van der Waals surface area contributed by atoms with E-state index in [4.69, 9.17) is 11.6 Å². The summed E-state index contributed by atoms with van der Waals surface area (Å²) in [6.45, 7) is 0.347. The zero-order valence-electron chi connectivity index (χ0n) is 13.0. The number of carbonyl (C=O) groups is 1. The molecule has 0 unspecified atom stereocenters. The number of rotatable bonds is 6. The molecule has 0 aromatic heterocycles. The monoisotopic (exact) mass is 364 g/mol. The van der Waals surface area contributed by atoms with Crippen molar-refractivity contribution in [1.29, 1.82) is 0 Å². The van der Waals surface area contributed by atoms with Gasteiger partial charge in [-0.3, -0.25) is 9.52 Å². The van der Waals surface area contributed by atoms with Gasteiger partial charge in [0.15, 0.2) is 0 Å². The fraction of sp³-hybridized carbons (Fsp3) is 0.118. The summed E-state index contributed by atoms with van der Waals surface area (Å²) in [5.74, 6) is -0.242. The number of hydrogen-bond acceptors (Lipinski definition) is 3. The molecule has 2 rings (SSSR count). The van der Waals surface area contributed by atoms with Crippen LogP contribution in [-0.2, 0) is 21.4 Å². The Kier molecular flexibility index (Phi) is 6.00. The van der Waals surface area contributed by atoms with E-state index in [0.29, 0.717) is 17.3 Å². The molecule has 0 aliphatic carbocycles. The van der Waals surface area contributed by atoms with Crippen LogP contribution in [-0.4, -0.2) is 20.6 Å². The summed E-state index contributed by atoms with van der Waals surface area (Å²) in [7, 11) is -3.30. The summed E-state index contributed by atoms with van der Waals surface area (Å²) in [4.78, 5) is 11.8. The van der Waals surface area contributed by atoms with Crippen molar-refractivity contribution in [2.45, 2.75) is 6.54 Å². The van der Waals surface area contributed by atoms with E-state index >= 15 is 0 Å². The first-order valence-electron chi connectivity index (χ1n) is 7.11. The predicted octanol–water partition coefficient (Wildman–Crippen LogP) is 3.04. The van der Waals surface area contributed by atoms with Crippen molar-refractivity contribution in [2.75, 3.05) is 11.0 Å². The number of carbonyl (C=O) groups excluding carboxylic acids is 1. The van der Waals surface area contributed by atoms with E-state index in [9.17, 15) is 13.2 Å². The van der Waals surface area contributed by atoms with E-state index in [0.717, 1.165) is 17.4 Å². The summed E-state index contributed by atoms with van der Waals surface area (Å²) in [6.07, 6.45) is 4.14. The summed E-state index contributed by atoms with van der Waals surface area (Å²) in [6, 6.07) is 14.0. The number of benzene rings is 2. The van der Waals surface area contributed by atoms with Gasteiger partial charge in [0.2, 0.25) is 15.9 Å². The Morgan fingerprint density at radius 3 is 2.42 bits per heavy atom. The van der Waals surface area contributed by atoms with Crippen LogP contribution >= 0.6 is 11.6 Å². The average Bonchev–Trinajstić information content (AvgIpc) is 2.52. The maximum absolute atomic E-state index is 11.8. The number of amides is 1. The van der Waals surface area contributed by atoms with Gasteiger partial charge in [0.1, 0.15) is 0 Å². The first-order valence-corrected chi connectivity index (χ1v) is 9.37. The number of anilines is 1. The van der Waals surface area contributed by atoms with Gasteiger partial charge >= 0.3 is 0 Å². The van der Waals surface area contributed by atoms with Gasteiger partial charge in [-0.2, -0.15) is 0 Å². The first kappa shape index (κ1) is 18.0. The SMILES string of the molecule is CS(=O)(=O)Nc1ccc(/C=C/C(=O)NCc2ccccc2Cl)cc1. The quantitative estimate of drug-likeness (QED) is 0.773. The number of sulfonamides is 1. The van der Waals surface area contributed by atoms with Crippen molar-refractivity contribution in [3.8, 4) is 0 Å². The van der Waals surface area contributed by atoms with Crippen molar-refractivity contribution in [1.82, 2.24) is 5.32 Å². The number of hydrogen-bond donors (Lipinski definition) is 2. The van der Waals surface area contributed by atoms with E-state index in [1.54, 1.807) is 36.4 Å². The number of halogens is 1. The molecule has 2 aromatic carbocycles. The van der Waals surface area contributed by atoms with Gasteiger partial charge in [0.25, 0.3) is 0 Å². The van der Waals surface area contributed by atoms with Crippen molar-refractivity contribution in [3.63, 3.8) is 0 Å². The number of nitrogens with one attached hydrogen (secondary N) is 2. The van der Waals surface area contributed by atoms with Crippen LogP contribution in [0.3, 0.4) is 0 Å². The second-order valence-electron chi connectivity index (χ2n) is 5.14. The highest BCUT2D eigenvalue weighted by Crippen LogP contribution is 2.14. The van der Waals surface area contributed by atoms with Crippen molar-refractivity contribution in [2.24, 2.45) is 0 Å². The molecular weight excluding hydrogens is 348 g/mol. The Morgan fingerprint density at radius 1 is 1.12 bits per heavy atom. The minimum Gasteiger partial charge on any atom is -0.348 e. The smallest absolute Gasteiger partial charge is 0.244 e. The summed E-state index contributed by atoms with van der Waals surface area (Å²) < 4.78 is 24.6. The van der Waals surface area contributed by atoms with E-state index in [-0.39, 0.29) is 5.91 Å².